The normalized spacial score (nSPS) is 11.3. The van der Waals surface area contributed by atoms with Gasteiger partial charge in [-0.25, -0.2) is 5.48 Å². The Hall–Kier alpha value is -2.60. The Morgan fingerprint density at radius 2 is 2.10 bits per heavy atom. The van der Waals surface area contributed by atoms with Crippen LogP contribution in [0.25, 0.3) is 6.08 Å². The summed E-state index contributed by atoms with van der Waals surface area (Å²) in [6.07, 6.45) is 2.02. The summed E-state index contributed by atoms with van der Waals surface area (Å²) in [6, 6.07) is 8.92. The second kappa shape index (κ2) is 6.71. The van der Waals surface area contributed by atoms with E-state index in [4.69, 9.17) is 5.21 Å². The van der Waals surface area contributed by atoms with Crippen molar-refractivity contribution in [2.24, 2.45) is 0 Å². The summed E-state index contributed by atoms with van der Waals surface area (Å²) in [7, 11) is 0. The summed E-state index contributed by atoms with van der Waals surface area (Å²) in [5, 5.41) is 18.7. The van der Waals surface area contributed by atoms with Gasteiger partial charge in [0.15, 0.2) is 0 Å². The molecule has 0 fully saturated rings. The number of hydrogen-bond donors (Lipinski definition) is 4. The molecular weight excluding hydrogens is 268 g/mol. The number of aromatic amines is 1. The molecule has 1 aromatic heterocycles. The van der Waals surface area contributed by atoms with Gasteiger partial charge in [-0.05, 0) is 31.5 Å². The Balaban J connectivity index is 1.96. The molecular formula is C15H18N4O2. The van der Waals surface area contributed by atoms with Gasteiger partial charge in [0.2, 0.25) is 0 Å². The van der Waals surface area contributed by atoms with Crippen LogP contribution >= 0.6 is 0 Å². The second-order valence-electron chi connectivity index (χ2n) is 4.84. The van der Waals surface area contributed by atoms with E-state index in [1.165, 1.54) is 0 Å². The predicted octanol–water partition coefficient (Wildman–Crippen LogP) is 2.35. The molecule has 0 unspecified atom stereocenters. The highest BCUT2D eigenvalue weighted by Gasteiger charge is 2.02. The number of hydroxylamine groups is 1. The van der Waals surface area contributed by atoms with Crippen molar-refractivity contribution in [2.45, 2.75) is 13.8 Å². The maximum Gasteiger partial charge on any atom is 0.274 e. The van der Waals surface area contributed by atoms with E-state index < -0.39 is 5.91 Å². The minimum Gasteiger partial charge on any atom is -0.365 e. The van der Waals surface area contributed by atoms with E-state index in [0.29, 0.717) is 12.1 Å². The molecule has 6 heteroatoms. The van der Waals surface area contributed by atoms with Crippen LogP contribution in [0.5, 0.6) is 0 Å². The van der Waals surface area contributed by atoms with Gasteiger partial charge in [0.1, 0.15) is 5.82 Å². The zero-order valence-electron chi connectivity index (χ0n) is 12.0. The standard InChI is InChI=1S/C15H18N4O2/c1-10(9-16-14-8-11(2)17-18-14)7-12-3-5-13(6-4-12)15(20)19-21/h3-8,21H,9H2,1-2H3,(H,19,20)(H2,16,17,18). The molecule has 21 heavy (non-hydrogen) atoms. The van der Waals surface area contributed by atoms with Crippen LogP contribution in [0.3, 0.4) is 0 Å². The number of benzene rings is 1. The first-order valence-corrected chi connectivity index (χ1v) is 6.56. The van der Waals surface area contributed by atoms with Crippen molar-refractivity contribution in [3.63, 3.8) is 0 Å². The third-order valence-corrected chi connectivity index (χ3v) is 2.94. The van der Waals surface area contributed by atoms with Crippen molar-refractivity contribution < 1.29 is 10.0 Å². The minimum absolute atomic E-state index is 0.414. The highest BCUT2D eigenvalue weighted by atomic mass is 16.5. The van der Waals surface area contributed by atoms with Crippen LogP contribution in [0.15, 0.2) is 35.9 Å². The van der Waals surface area contributed by atoms with Gasteiger partial charge in [0.05, 0.1) is 0 Å². The van der Waals surface area contributed by atoms with Crippen molar-refractivity contribution in [3.8, 4) is 0 Å². The Kier molecular flexibility index (Phi) is 4.73. The van der Waals surface area contributed by atoms with Gasteiger partial charge >= 0.3 is 0 Å². The van der Waals surface area contributed by atoms with E-state index in [9.17, 15) is 4.79 Å². The van der Waals surface area contributed by atoms with E-state index in [1.54, 1.807) is 17.6 Å². The molecule has 0 bridgehead atoms. The summed E-state index contributed by atoms with van der Waals surface area (Å²) in [4.78, 5) is 11.2. The quantitative estimate of drug-likeness (QED) is 0.501. The monoisotopic (exact) mass is 286 g/mol. The highest BCUT2D eigenvalue weighted by Crippen LogP contribution is 2.10. The number of rotatable bonds is 5. The van der Waals surface area contributed by atoms with Crippen molar-refractivity contribution >= 4 is 17.8 Å². The SMILES string of the molecule is CC(=Cc1ccc(C(=O)NO)cc1)CNc1cc(C)[nH]n1. The maximum atomic E-state index is 11.2. The molecule has 0 aliphatic heterocycles. The van der Waals surface area contributed by atoms with Crippen LogP contribution in [-0.4, -0.2) is 27.9 Å². The van der Waals surface area contributed by atoms with Crippen molar-refractivity contribution in [3.05, 3.63) is 52.7 Å². The summed E-state index contributed by atoms with van der Waals surface area (Å²) >= 11 is 0. The van der Waals surface area contributed by atoms with Crippen LogP contribution < -0.4 is 10.8 Å². The zero-order valence-corrected chi connectivity index (χ0v) is 12.0. The first-order chi connectivity index (χ1) is 10.1. The fourth-order valence-electron chi connectivity index (χ4n) is 1.87. The van der Waals surface area contributed by atoms with Crippen LogP contribution in [0.4, 0.5) is 5.82 Å². The lowest BCUT2D eigenvalue weighted by molar-refractivity contribution is 0.0706. The fraction of sp³-hybridized carbons (Fsp3) is 0.200. The Bertz CT molecular complexity index is 644. The first-order valence-electron chi connectivity index (χ1n) is 6.56. The van der Waals surface area contributed by atoms with E-state index in [1.807, 2.05) is 38.1 Å². The number of nitrogens with one attached hydrogen (secondary N) is 3. The molecule has 0 aliphatic carbocycles. The molecule has 0 aliphatic rings. The maximum absolute atomic E-state index is 11.2. The van der Waals surface area contributed by atoms with Gasteiger partial charge in [-0.1, -0.05) is 23.8 Å². The largest absolute Gasteiger partial charge is 0.365 e. The van der Waals surface area contributed by atoms with Crippen molar-refractivity contribution in [1.29, 1.82) is 0 Å². The molecule has 0 radical (unpaired) electrons. The highest BCUT2D eigenvalue weighted by molar-refractivity contribution is 5.93. The zero-order chi connectivity index (χ0) is 15.2. The number of carbonyl (C=O) groups excluding carboxylic acids is 1. The molecule has 1 aromatic carbocycles. The lowest BCUT2D eigenvalue weighted by Crippen LogP contribution is -2.18. The molecule has 2 aromatic rings. The Morgan fingerprint density at radius 3 is 2.67 bits per heavy atom. The summed E-state index contributed by atoms with van der Waals surface area (Å²) < 4.78 is 0. The van der Waals surface area contributed by atoms with Gasteiger partial charge in [-0.2, -0.15) is 5.10 Å². The van der Waals surface area contributed by atoms with E-state index in [0.717, 1.165) is 22.6 Å². The van der Waals surface area contributed by atoms with Crippen molar-refractivity contribution in [1.82, 2.24) is 15.7 Å². The molecule has 0 saturated heterocycles. The number of aromatic nitrogens is 2. The number of aryl methyl sites for hydroxylation is 1. The lowest BCUT2D eigenvalue weighted by atomic mass is 10.1. The third-order valence-electron chi connectivity index (χ3n) is 2.94. The average molecular weight is 286 g/mol. The van der Waals surface area contributed by atoms with E-state index >= 15 is 0 Å². The number of nitrogens with zero attached hydrogens (tertiary/aromatic N) is 1. The van der Waals surface area contributed by atoms with Crippen LogP contribution in [0.2, 0.25) is 0 Å². The average Bonchev–Trinajstić information content (AvgIpc) is 2.91. The van der Waals surface area contributed by atoms with E-state index in [2.05, 4.69) is 15.5 Å². The molecule has 0 atom stereocenters. The van der Waals surface area contributed by atoms with Crippen LogP contribution in [0, 0.1) is 6.92 Å². The third kappa shape index (κ3) is 4.19. The molecule has 0 saturated carbocycles. The van der Waals surface area contributed by atoms with Crippen molar-refractivity contribution in [2.75, 3.05) is 11.9 Å². The lowest BCUT2D eigenvalue weighted by Gasteiger charge is -2.04. The van der Waals surface area contributed by atoms with Crippen LogP contribution in [0.1, 0.15) is 28.5 Å². The molecule has 0 spiro atoms. The summed E-state index contributed by atoms with van der Waals surface area (Å²) in [5.41, 5.74) is 5.16. The Labute approximate surface area is 122 Å². The number of amides is 1. The number of carbonyl (C=O) groups is 1. The van der Waals surface area contributed by atoms with Gasteiger partial charge in [-0.15, -0.1) is 0 Å². The fourth-order valence-corrected chi connectivity index (χ4v) is 1.87. The predicted molar refractivity (Wildman–Crippen MR) is 81.2 cm³/mol. The molecule has 1 amide bonds. The Morgan fingerprint density at radius 1 is 1.38 bits per heavy atom. The molecule has 6 nitrogen and oxygen atoms in total. The van der Waals surface area contributed by atoms with Gasteiger partial charge in [0.25, 0.3) is 5.91 Å². The van der Waals surface area contributed by atoms with Gasteiger partial charge in [0, 0.05) is 23.9 Å². The topological polar surface area (TPSA) is 90.0 Å². The van der Waals surface area contributed by atoms with Crippen LogP contribution in [-0.2, 0) is 0 Å². The number of H-pyrrole nitrogens is 1. The number of hydrogen-bond acceptors (Lipinski definition) is 4. The first kappa shape index (κ1) is 14.8. The second-order valence-corrected chi connectivity index (χ2v) is 4.84. The number of anilines is 1. The molecule has 110 valence electrons. The summed E-state index contributed by atoms with van der Waals surface area (Å²) in [5.74, 6) is 0.299. The van der Waals surface area contributed by atoms with Gasteiger partial charge < -0.3 is 5.32 Å². The molecule has 4 N–H and O–H groups in total. The molecule has 1 heterocycles. The summed E-state index contributed by atoms with van der Waals surface area (Å²) in [6.45, 7) is 4.65. The minimum atomic E-state index is -0.516. The van der Waals surface area contributed by atoms with E-state index in [-0.39, 0.29) is 0 Å². The smallest absolute Gasteiger partial charge is 0.274 e. The molecule has 2 rings (SSSR count). The van der Waals surface area contributed by atoms with Gasteiger partial charge in [-0.3, -0.25) is 15.1 Å².